The Kier molecular flexibility index (Phi) is 8.96. The van der Waals surface area contributed by atoms with Gasteiger partial charge in [-0.2, -0.15) is 10.3 Å². The minimum absolute atomic E-state index is 0.194. The van der Waals surface area contributed by atoms with Gasteiger partial charge in [0.15, 0.2) is 0 Å². The number of nitrogens with zero attached hydrogens (tertiary/aromatic N) is 3. The zero-order valence-electron chi connectivity index (χ0n) is 14.8. The summed E-state index contributed by atoms with van der Waals surface area (Å²) in [6, 6.07) is 8.16. The first-order chi connectivity index (χ1) is 11.8. The van der Waals surface area contributed by atoms with E-state index in [-0.39, 0.29) is 13.1 Å². The summed E-state index contributed by atoms with van der Waals surface area (Å²) >= 11 is 0.194. The van der Waals surface area contributed by atoms with Crippen LogP contribution in [-0.2, 0) is 13.1 Å². The summed E-state index contributed by atoms with van der Waals surface area (Å²) in [4.78, 5) is 11.8. The number of aromatic nitrogens is 1. The number of nitriles is 1. The third-order valence-electron chi connectivity index (χ3n) is 3.60. The van der Waals surface area contributed by atoms with Crippen molar-refractivity contribution in [2.24, 2.45) is 9.98 Å². The van der Waals surface area contributed by atoms with Crippen molar-refractivity contribution in [1.29, 1.82) is 5.26 Å². The third kappa shape index (κ3) is 6.34. The average Bonchev–Trinajstić information content (AvgIpc) is 3.02. The van der Waals surface area contributed by atoms with Crippen LogP contribution in [0.3, 0.4) is 0 Å². The Hall–Kier alpha value is -1.57. The van der Waals surface area contributed by atoms with E-state index in [1.54, 1.807) is 13.1 Å². The molecule has 0 radical (unpaired) electrons. The van der Waals surface area contributed by atoms with E-state index in [2.05, 4.69) is 42.9 Å². The standard InChI is InChI=1S/C18H20N4.2ClH.Fe/c1-11-8-12(2)18(13(3)9-11)21-15(5)17-7-6-16(22-17)14(4)20-10-19;;;/h6-9,22H,1-5H3;2*1H;/q;;;+2/p-2. The van der Waals surface area contributed by atoms with Crippen LogP contribution in [0.15, 0.2) is 34.3 Å². The molecule has 0 saturated heterocycles. The molecule has 0 atom stereocenters. The van der Waals surface area contributed by atoms with Crippen molar-refractivity contribution in [2.75, 3.05) is 0 Å². The van der Waals surface area contributed by atoms with Crippen LogP contribution in [0.2, 0.25) is 0 Å². The number of rotatable bonds is 3. The molecule has 0 aliphatic rings. The van der Waals surface area contributed by atoms with E-state index in [1.807, 2.05) is 19.1 Å². The number of hydrogen-bond donors (Lipinski definition) is 1. The van der Waals surface area contributed by atoms with Crippen molar-refractivity contribution in [3.8, 4) is 6.19 Å². The molecule has 0 aliphatic heterocycles. The zero-order valence-corrected chi connectivity index (χ0v) is 17.4. The molecule has 2 aromatic rings. The third-order valence-corrected chi connectivity index (χ3v) is 3.60. The van der Waals surface area contributed by atoms with Gasteiger partial charge in [-0.1, -0.05) is 17.7 Å². The molecule has 0 bridgehead atoms. The molecule has 1 N–H and O–H groups in total. The van der Waals surface area contributed by atoms with Gasteiger partial charge in [-0.15, -0.1) is 0 Å². The van der Waals surface area contributed by atoms with Gasteiger partial charge in [-0.25, -0.2) is 0 Å². The molecule has 0 fully saturated rings. The average molecular weight is 419 g/mol. The van der Waals surface area contributed by atoms with Gasteiger partial charge in [0, 0.05) is 0 Å². The Morgan fingerprint density at radius 3 is 2.00 bits per heavy atom. The predicted octanol–water partition coefficient (Wildman–Crippen LogP) is 5.75. The van der Waals surface area contributed by atoms with E-state index in [9.17, 15) is 0 Å². The van der Waals surface area contributed by atoms with Gasteiger partial charge in [0.1, 0.15) is 0 Å². The second kappa shape index (κ2) is 10.4. The van der Waals surface area contributed by atoms with Gasteiger partial charge >= 0.3 is 33.3 Å². The van der Waals surface area contributed by atoms with Crippen LogP contribution in [0.25, 0.3) is 0 Å². The summed E-state index contributed by atoms with van der Waals surface area (Å²) in [5, 5.41) is 8.62. The summed E-state index contributed by atoms with van der Waals surface area (Å²) in [5.74, 6) is 0. The molecular formula is C18H20Cl2FeN4. The first-order valence-electron chi connectivity index (χ1n) is 7.45. The molecule has 4 nitrogen and oxygen atoms in total. The molecule has 0 saturated carbocycles. The van der Waals surface area contributed by atoms with Gasteiger partial charge in [0.2, 0.25) is 6.19 Å². The Balaban J connectivity index is 0.000000970. The molecule has 25 heavy (non-hydrogen) atoms. The summed E-state index contributed by atoms with van der Waals surface area (Å²) in [6.45, 7) is 10.0. The second-order valence-electron chi connectivity index (χ2n) is 5.58. The van der Waals surface area contributed by atoms with Crippen molar-refractivity contribution in [3.05, 3.63) is 52.3 Å². The number of nitrogens with one attached hydrogen (secondary N) is 1. The normalized spacial score (nSPS) is 11.8. The fourth-order valence-electron chi connectivity index (χ4n) is 2.53. The van der Waals surface area contributed by atoms with Gasteiger partial charge in [0.05, 0.1) is 28.5 Å². The number of benzene rings is 1. The van der Waals surface area contributed by atoms with Crippen molar-refractivity contribution >= 4 is 37.3 Å². The summed E-state index contributed by atoms with van der Waals surface area (Å²) < 4.78 is 0. The van der Waals surface area contributed by atoms with Crippen molar-refractivity contribution < 1.29 is 13.1 Å². The maximum atomic E-state index is 8.62. The van der Waals surface area contributed by atoms with Gasteiger partial charge in [-0.05, 0) is 57.9 Å². The van der Waals surface area contributed by atoms with Crippen LogP contribution < -0.4 is 0 Å². The number of aryl methyl sites for hydroxylation is 3. The molecule has 0 amide bonds. The van der Waals surface area contributed by atoms with Crippen LogP contribution in [0.1, 0.15) is 41.9 Å². The Bertz CT molecular complexity index is 809. The molecule has 0 unspecified atom stereocenters. The van der Waals surface area contributed by atoms with Crippen LogP contribution in [-0.4, -0.2) is 16.4 Å². The second-order valence-corrected chi connectivity index (χ2v) is 7.40. The molecule has 1 aromatic carbocycles. The fourth-order valence-corrected chi connectivity index (χ4v) is 2.53. The topological polar surface area (TPSA) is 64.3 Å². The maximum absolute atomic E-state index is 8.62. The quantitative estimate of drug-likeness (QED) is 0.385. The van der Waals surface area contributed by atoms with E-state index >= 15 is 0 Å². The Labute approximate surface area is 163 Å². The molecular weight excluding hydrogens is 399 g/mol. The number of aromatic amines is 1. The SMILES string of the molecule is CC(=NC#N)c1ccc(C(C)=Nc2c(C)cc(C)cc2C)[nH]1.[Cl][Fe][Cl]. The van der Waals surface area contributed by atoms with E-state index in [1.165, 1.54) is 16.7 Å². The van der Waals surface area contributed by atoms with Gasteiger partial charge in [0.25, 0.3) is 0 Å². The van der Waals surface area contributed by atoms with E-state index in [0.717, 1.165) is 22.8 Å². The first kappa shape index (κ1) is 21.5. The molecule has 0 aliphatic carbocycles. The number of H-pyrrole nitrogens is 1. The van der Waals surface area contributed by atoms with E-state index < -0.39 is 0 Å². The van der Waals surface area contributed by atoms with Crippen molar-refractivity contribution in [3.63, 3.8) is 0 Å². The zero-order chi connectivity index (χ0) is 19.0. The first-order valence-corrected chi connectivity index (χ1v) is 10.5. The van der Waals surface area contributed by atoms with Crippen LogP contribution in [0.4, 0.5) is 5.69 Å². The summed E-state index contributed by atoms with van der Waals surface area (Å²) in [6.07, 6.45) is 1.80. The summed E-state index contributed by atoms with van der Waals surface area (Å²) in [7, 11) is 9.53. The number of halogens is 2. The van der Waals surface area contributed by atoms with Gasteiger partial charge < -0.3 is 4.98 Å². The Morgan fingerprint density at radius 2 is 1.52 bits per heavy atom. The van der Waals surface area contributed by atoms with Crippen LogP contribution in [0, 0.1) is 32.2 Å². The van der Waals surface area contributed by atoms with Crippen LogP contribution >= 0.6 is 20.2 Å². The van der Waals surface area contributed by atoms with Crippen LogP contribution in [0.5, 0.6) is 0 Å². The number of hydrogen-bond acceptors (Lipinski definition) is 3. The molecule has 0 spiro atoms. The predicted molar refractivity (Wildman–Crippen MR) is 103 cm³/mol. The Morgan fingerprint density at radius 1 is 1.04 bits per heavy atom. The minimum atomic E-state index is 0.194. The van der Waals surface area contributed by atoms with E-state index in [0.29, 0.717) is 5.71 Å². The molecule has 7 heteroatoms. The fraction of sp³-hybridized carbons (Fsp3) is 0.278. The van der Waals surface area contributed by atoms with Gasteiger partial charge in [-0.3, -0.25) is 4.99 Å². The summed E-state index contributed by atoms with van der Waals surface area (Å²) in [5.41, 5.74) is 7.95. The molecule has 1 aromatic heterocycles. The molecule has 2 rings (SSSR count). The monoisotopic (exact) mass is 418 g/mol. The van der Waals surface area contributed by atoms with Crippen molar-refractivity contribution in [2.45, 2.75) is 34.6 Å². The molecule has 1 heterocycles. The van der Waals surface area contributed by atoms with E-state index in [4.69, 9.17) is 30.5 Å². The number of aliphatic imine (C=N–C) groups is 2. The van der Waals surface area contributed by atoms with Crippen molar-refractivity contribution in [1.82, 2.24) is 4.98 Å². The molecule has 134 valence electrons.